The molecule has 102 valence electrons. The summed E-state index contributed by atoms with van der Waals surface area (Å²) in [6.07, 6.45) is 5.19. The average molecular weight is 255 g/mol. The van der Waals surface area contributed by atoms with Crippen molar-refractivity contribution in [2.24, 2.45) is 11.8 Å². The van der Waals surface area contributed by atoms with Crippen molar-refractivity contribution in [3.05, 3.63) is 0 Å². The summed E-state index contributed by atoms with van der Waals surface area (Å²) in [4.78, 5) is 22.7. The van der Waals surface area contributed by atoms with E-state index in [1.54, 1.807) is 0 Å². The molecule has 18 heavy (non-hydrogen) atoms. The van der Waals surface area contributed by atoms with Crippen LogP contribution in [-0.4, -0.2) is 36.2 Å². The van der Waals surface area contributed by atoms with E-state index < -0.39 is 5.97 Å². The van der Waals surface area contributed by atoms with Crippen molar-refractivity contribution < 1.29 is 19.4 Å². The number of hydrogen-bond acceptors (Lipinski definition) is 3. The summed E-state index contributed by atoms with van der Waals surface area (Å²) in [5.41, 5.74) is 0. The standard InChI is InChI=1S/C13H21NO4/c15-12(9-4-5-10(7-9)13(16)17)14-8-11-3-1-2-6-18-11/h9-11H,1-8H2,(H,14,15)(H,16,17)/t9-,10+,11?/m1/s1. The first-order valence-electron chi connectivity index (χ1n) is 6.79. The molecule has 1 unspecified atom stereocenters. The summed E-state index contributed by atoms with van der Waals surface area (Å²) in [5, 5.41) is 11.8. The second kappa shape index (κ2) is 6.18. The van der Waals surface area contributed by atoms with E-state index in [0.29, 0.717) is 25.8 Å². The maximum Gasteiger partial charge on any atom is 0.306 e. The van der Waals surface area contributed by atoms with Crippen LogP contribution < -0.4 is 5.32 Å². The molecular formula is C13H21NO4. The van der Waals surface area contributed by atoms with Crippen molar-refractivity contribution in [1.82, 2.24) is 5.32 Å². The van der Waals surface area contributed by atoms with Crippen LogP contribution in [0.4, 0.5) is 0 Å². The summed E-state index contributed by atoms with van der Waals surface area (Å²) < 4.78 is 5.54. The SMILES string of the molecule is O=C(O)[C@H]1CC[C@@H](C(=O)NCC2CCCCO2)C1. The van der Waals surface area contributed by atoms with Gasteiger partial charge in [-0.15, -0.1) is 0 Å². The molecule has 0 radical (unpaired) electrons. The number of hydrogen-bond donors (Lipinski definition) is 2. The molecule has 2 N–H and O–H groups in total. The minimum absolute atomic E-state index is 0.00655. The van der Waals surface area contributed by atoms with Crippen molar-refractivity contribution in [2.45, 2.75) is 44.6 Å². The number of ether oxygens (including phenoxy) is 1. The van der Waals surface area contributed by atoms with Crippen LogP contribution in [0, 0.1) is 11.8 Å². The highest BCUT2D eigenvalue weighted by atomic mass is 16.5. The molecular weight excluding hydrogens is 234 g/mol. The number of aliphatic carboxylic acids is 1. The van der Waals surface area contributed by atoms with Crippen LogP contribution in [0.3, 0.4) is 0 Å². The van der Waals surface area contributed by atoms with Crippen molar-refractivity contribution in [3.63, 3.8) is 0 Å². The molecule has 1 heterocycles. The third-order valence-corrected chi connectivity index (χ3v) is 3.93. The number of carbonyl (C=O) groups excluding carboxylic acids is 1. The zero-order valence-corrected chi connectivity index (χ0v) is 10.6. The van der Waals surface area contributed by atoms with Crippen LogP contribution in [0.1, 0.15) is 38.5 Å². The van der Waals surface area contributed by atoms with E-state index >= 15 is 0 Å². The Morgan fingerprint density at radius 3 is 2.56 bits per heavy atom. The van der Waals surface area contributed by atoms with Gasteiger partial charge in [-0.05, 0) is 38.5 Å². The zero-order valence-electron chi connectivity index (χ0n) is 10.6. The van der Waals surface area contributed by atoms with Gasteiger partial charge in [0.15, 0.2) is 0 Å². The third kappa shape index (κ3) is 3.45. The Hall–Kier alpha value is -1.10. The molecule has 2 fully saturated rings. The van der Waals surface area contributed by atoms with Crippen molar-refractivity contribution in [3.8, 4) is 0 Å². The normalized spacial score (nSPS) is 32.1. The second-order valence-corrected chi connectivity index (χ2v) is 5.28. The van der Waals surface area contributed by atoms with E-state index in [4.69, 9.17) is 9.84 Å². The molecule has 1 amide bonds. The predicted molar refractivity (Wildman–Crippen MR) is 65.1 cm³/mol. The Labute approximate surface area is 107 Å². The largest absolute Gasteiger partial charge is 0.481 e. The number of carboxylic acid groups (broad SMARTS) is 1. The molecule has 2 rings (SSSR count). The van der Waals surface area contributed by atoms with Crippen LogP contribution in [-0.2, 0) is 14.3 Å². The van der Waals surface area contributed by atoms with Crippen LogP contribution >= 0.6 is 0 Å². The molecule has 0 aromatic carbocycles. The smallest absolute Gasteiger partial charge is 0.306 e. The summed E-state index contributed by atoms with van der Waals surface area (Å²) in [6, 6.07) is 0. The van der Waals surface area contributed by atoms with Crippen molar-refractivity contribution >= 4 is 11.9 Å². The number of amides is 1. The first-order valence-corrected chi connectivity index (χ1v) is 6.79. The molecule has 0 aromatic rings. The summed E-state index contributed by atoms with van der Waals surface area (Å²) in [6.45, 7) is 1.35. The van der Waals surface area contributed by atoms with E-state index in [0.717, 1.165) is 25.9 Å². The first-order chi connectivity index (χ1) is 8.66. The lowest BCUT2D eigenvalue weighted by atomic mass is 10.0. The minimum Gasteiger partial charge on any atom is -0.481 e. The van der Waals surface area contributed by atoms with Gasteiger partial charge in [-0.1, -0.05) is 0 Å². The van der Waals surface area contributed by atoms with Gasteiger partial charge in [-0.3, -0.25) is 9.59 Å². The van der Waals surface area contributed by atoms with Crippen LogP contribution in [0.2, 0.25) is 0 Å². The van der Waals surface area contributed by atoms with Gasteiger partial charge in [0, 0.05) is 19.1 Å². The van der Waals surface area contributed by atoms with Gasteiger partial charge in [0.2, 0.25) is 5.91 Å². The Morgan fingerprint density at radius 1 is 1.17 bits per heavy atom. The first kappa shape index (κ1) is 13.3. The van der Waals surface area contributed by atoms with E-state index in [-0.39, 0.29) is 23.8 Å². The van der Waals surface area contributed by atoms with Gasteiger partial charge >= 0.3 is 5.97 Å². The lowest BCUT2D eigenvalue weighted by Gasteiger charge is -2.23. The van der Waals surface area contributed by atoms with E-state index in [1.807, 2.05) is 0 Å². The van der Waals surface area contributed by atoms with Gasteiger partial charge in [0.1, 0.15) is 0 Å². The molecule has 1 saturated heterocycles. The molecule has 0 bridgehead atoms. The maximum atomic E-state index is 11.9. The van der Waals surface area contributed by atoms with Crippen molar-refractivity contribution in [1.29, 1.82) is 0 Å². The Balaban J connectivity index is 1.70. The number of rotatable bonds is 4. The molecule has 3 atom stereocenters. The Bertz CT molecular complexity index is 312. The molecule has 1 aliphatic heterocycles. The third-order valence-electron chi connectivity index (χ3n) is 3.93. The van der Waals surface area contributed by atoms with Crippen LogP contribution in [0.5, 0.6) is 0 Å². The van der Waals surface area contributed by atoms with Gasteiger partial charge < -0.3 is 15.2 Å². The number of nitrogens with one attached hydrogen (secondary N) is 1. The van der Waals surface area contributed by atoms with Gasteiger partial charge in [0.05, 0.1) is 12.0 Å². The zero-order chi connectivity index (χ0) is 13.0. The summed E-state index contributed by atoms with van der Waals surface area (Å²) in [5.74, 6) is -1.25. The number of carbonyl (C=O) groups is 2. The molecule has 5 nitrogen and oxygen atoms in total. The second-order valence-electron chi connectivity index (χ2n) is 5.28. The minimum atomic E-state index is -0.777. The highest BCUT2D eigenvalue weighted by Crippen LogP contribution is 2.31. The fourth-order valence-corrected chi connectivity index (χ4v) is 2.77. The molecule has 0 spiro atoms. The van der Waals surface area contributed by atoms with E-state index in [9.17, 15) is 9.59 Å². The van der Waals surface area contributed by atoms with Gasteiger partial charge in [0.25, 0.3) is 0 Å². The highest BCUT2D eigenvalue weighted by molar-refractivity contribution is 5.80. The molecule has 1 saturated carbocycles. The maximum absolute atomic E-state index is 11.9. The van der Waals surface area contributed by atoms with Crippen LogP contribution in [0.25, 0.3) is 0 Å². The average Bonchev–Trinajstić information content (AvgIpc) is 2.87. The fourth-order valence-electron chi connectivity index (χ4n) is 2.77. The Kier molecular flexibility index (Phi) is 4.58. The lowest BCUT2D eigenvalue weighted by molar-refractivity contribution is -0.141. The predicted octanol–water partition coefficient (Wildman–Crippen LogP) is 1.17. The summed E-state index contributed by atoms with van der Waals surface area (Å²) in [7, 11) is 0. The molecule has 5 heteroatoms. The van der Waals surface area contributed by atoms with Gasteiger partial charge in [-0.25, -0.2) is 0 Å². The van der Waals surface area contributed by atoms with E-state index in [2.05, 4.69) is 5.32 Å². The molecule has 2 aliphatic rings. The van der Waals surface area contributed by atoms with Crippen LogP contribution in [0.15, 0.2) is 0 Å². The molecule has 0 aromatic heterocycles. The molecule has 1 aliphatic carbocycles. The lowest BCUT2D eigenvalue weighted by Crippen LogP contribution is -2.38. The highest BCUT2D eigenvalue weighted by Gasteiger charge is 2.33. The number of carboxylic acids is 1. The topological polar surface area (TPSA) is 75.6 Å². The fraction of sp³-hybridized carbons (Fsp3) is 0.846. The van der Waals surface area contributed by atoms with Crippen molar-refractivity contribution in [2.75, 3.05) is 13.2 Å². The summed E-state index contributed by atoms with van der Waals surface area (Å²) >= 11 is 0. The van der Waals surface area contributed by atoms with E-state index in [1.165, 1.54) is 0 Å². The monoisotopic (exact) mass is 255 g/mol. The van der Waals surface area contributed by atoms with Gasteiger partial charge in [-0.2, -0.15) is 0 Å². The quantitative estimate of drug-likeness (QED) is 0.790. The Morgan fingerprint density at radius 2 is 1.94 bits per heavy atom.